The molecule has 0 bridgehead atoms. The number of hydrogen-bond donors (Lipinski definition) is 1. The lowest BCUT2D eigenvalue weighted by atomic mass is 10.2. The third kappa shape index (κ3) is 3.94. The van der Waals surface area contributed by atoms with Gasteiger partial charge in [0.25, 0.3) is 5.91 Å². The van der Waals surface area contributed by atoms with Crippen molar-refractivity contribution in [2.45, 2.75) is 0 Å². The van der Waals surface area contributed by atoms with Gasteiger partial charge in [0.05, 0.1) is 7.11 Å². The van der Waals surface area contributed by atoms with Gasteiger partial charge in [-0.25, -0.2) is 9.97 Å². The molecule has 2 aromatic carbocycles. The van der Waals surface area contributed by atoms with Crippen LogP contribution in [0.4, 0.5) is 17.3 Å². The molecule has 1 saturated heterocycles. The number of methoxy groups -OCH3 is 1. The van der Waals surface area contributed by atoms with Crippen molar-refractivity contribution in [1.29, 1.82) is 0 Å². The Morgan fingerprint density at radius 1 is 0.969 bits per heavy atom. The fraction of sp³-hybridized carbons (Fsp3) is 0.208. The highest BCUT2D eigenvalue weighted by atomic mass is 16.5. The highest BCUT2D eigenvalue weighted by Gasteiger charge is 2.20. The van der Waals surface area contributed by atoms with Crippen LogP contribution in [0.25, 0.3) is 11.0 Å². The summed E-state index contributed by atoms with van der Waals surface area (Å²) in [7, 11) is 1.57. The van der Waals surface area contributed by atoms with E-state index in [9.17, 15) is 4.79 Å². The number of furan rings is 1. The second-order valence-corrected chi connectivity index (χ2v) is 7.51. The summed E-state index contributed by atoms with van der Waals surface area (Å²) in [5.41, 5.74) is 1.77. The number of aromatic nitrogens is 2. The van der Waals surface area contributed by atoms with Gasteiger partial charge in [-0.2, -0.15) is 0 Å². The van der Waals surface area contributed by atoms with Gasteiger partial charge < -0.3 is 24.3 Å². The Labute approximate surface area is 185 Å². The number of benzene rings is 2. The maximum absolute atomic E-state index is 12.7. The van der Waals surface area contributed by atoms with Crippen molar-refractivity contribution >= 4 is 34.2 Å². The minimum atomic E-state index is -0.373. The number of rotatable bonds is 5. The van der Waals surface area contributed by atoms with E-state index < -0.39 is 0 Å². The van der Waals surface area contributed by atoms with Crippen LogP contribution in [-0.2, 0) is 0 Å². The van der Waals surface area contributed by atoms with Crippen molar-refractivity contribution in [3.8, 4) is 5.75 Å². The zero-order chi connectivity index (χ0) is 21.9. The molecule has 1 amide bonds. The summed E-state index contributed by atoms with van der Waals surface area (Å²) >= 11 is 0. The molecule has 0 radical (unpaired) electrons. The highest BCUT2D eigenvalue weighted by molar-refractivity contribution is 6.04. The third-order valence-corrected chi connectivity index (χ3v) is 5.57. The van der Waals surface area contributed by atoms with E-state index in [1.807, 2.05) is 18.2 Å². The van der Waals surface area contributed by atoms with E-state index >= 15 is 0 Å². The highest BCUT2D eigenvalue weighted by Crippen LogP contribution is 2.29. The van der Waals surface area contributed by atoms with Crippen LogP contribution in [0.5, 0.6) is 5.75 Å². The number of amides is 1. The molecule has 8 heteroatoms. The zero-order valence-electron chi connectivity index (χ0n) is 17.7. The maximum Gasteiger partial charge on any atom is 0.292 e. The molecule has 32 heavy (non-hydrogen) atoms. The number of carbonyl (C=O) groups is 1. The number of fused-ring (bicyclic) bond motifs is 1. The van der Waals surface area contributed by atoms with Crippen molar-refractivity contribution < 1.29 is 13.9 Å². The number of ether oxygens (including phenoxy) is 1. The average Bonchev–Trinajstić information content (AvgIpc) is 3.30. The number of para-hydroxylation sites is 2. The molecule has 1 aliphatic heterocycles. The van der Waals surface area contributed by atoms with E-state index in [0.29, 0.717) is 17.2 Å². The predicted octanol–water partition coefficient (Wildman–Crippen LogP) is 3.81. The van der Waals surface area contributed by atoms with Gasteiger partial charge in [-0.15, -0.1) is 0 Å². The van der Waals surface area contributed by atoms with Gasteiger partial charge in [0, 0.05) is 43.3 Å². The van der Waals surface area contributed by atoms with Crippen molar-refractivity contribution in [2.75, 3.05) is 48.4 Å². The fourth-order valence-corrected chi connectivity index (χ4v) is 3.91. The first-order valence-corrected chi connectivity index (χ1v) is 10.5. The minimum Gasteiger partial charge on any atom is -0.493 e. The molecule has 0 unspecified atom stereocenters. The Bertz CT molecular complexity index is 1230. The van der Waals surface area contributed by atoms with Gasteiger partial charge >= 0.3 is 0 Å². The second kappa shape index (κ2) is 8.58. The molecule has 1 fully saturated rings. The van der Waals surface area contributed by atoms with Gasteiger partial charge in [0.2, 0.25) is 0 Å². The van der Waals surface area contributed by atoms with E-state index in [0.717, 1.165) is 37.4 Å². The lowest BCUT2D eigenvalue weighted by Gasteiger charge is -2.36. The summed E-state index contributed by atoms with van der Waals surface area (Å²) in [5.74, 6) is 1.62. The molecule has 162 valence electrons. The van der Waals surface area contributed by atoms with Gasteiger partial charge in [-0.3, -0.25) is 4.79 Å². The molecule has 3 heterocycles. The maximum atomic E-state index is 12.7. The third-order valence-electron chi connectivity index (χ3n) is 5.57. The topological polar surface area (TPSA) is 83.7 Å². The molecule has 5 rings (SSSR count). The van der Waals surface area contributed by atoms with Crippen LogP contribution in [0.2, 0.25) is 0 Å². The molecule has 0 atom stereocenters. The minimum absolute atomic E-state index is 0.195. The van der Waals surface area contributed by atoms with Crippen LogP contribution in [0.15, 0.2) is 71.4 Å². The van der Waals surface area contributed by atoms with Crippen molar-refractivity contribution in [2.24, 2.45) is 0 Å². The molecule has 0 saturated carbocycles. The summed E-state index contributed by atoms with van der Waals surface area (Å²) in [6, 6.07) is 19.4. The van der Waals surface area contributed by atoms with Gasteiger partial charge in [0.1, 0.15) is 18.0 Å². The first-order valence-electron chi connectivity index (χ1n) is 10.5. The number of carbonyl (C=O) groups excluding carboxylic acids is 1. The summed E-state index contributed by atoms with van der Waals surface area (Å²) in [4.78, 5) is 25.9. The van der Waals surface area contributed by atoms with Gasteiger partial charge in [0.15, 0.2) is 17.1 Å². The number of nitrogens with zero attached hydrogens (tertiary/aromatic N) is 4. The van der Waals surface area contributed by atoms with E-state index in [-0.39, 0.29) is 11.7 Å². The van der Waals surface area contributed by atoms with E-state index in [2.05, 4.69) is 49.4 Å². The monoisotopic (exact) mass is 429 g/mol. The summed E-state index contributed by atoms with van der Waals surface area (Å²) in [6.45, 7) is 3.47. The Hall–Kier alpha value is -4.07. The Balaban J connectivity index is 1.27. The van der Waals surface area contributed by atoms with Crippen molar-refractivity contribution in [1.82, 2.24) is 9.97 Å². The largest absolute Gasteiger partial charge is 0.493 e. The first kappa shape index (κ1) is 19.9. The van der Waals surface area contributed by atoms with Gasteiger partial charge in [-0.1, -0.05) is 30.3 Å². The number of piperazine rings is 1. The molecular weight excluding hydrogens is 406 g/mol. The van der Waals surface area contributed by atoms with Crippen LogP contribution < -0.4 is 19.9 Å². The molecule has 1 N–H and O–H groups in total. The standard InChI is InChI=1S/C24H23N5O3/c1-31-19-9-5-6-17-14-20(32-23(17)19)24(30)27-21-15-22(26-16-25-21)29-12-10-28(11-13-29)18-7-3-2-4-8-18/h2-9,14-16H,10-13H2,1H3,(H,25,26,27,30). The van der Waals surface area contributed by atoms with Crippen LogP contribution >= 0.6 is 0 Å². The smallest absolute Gasteiger partial charge is 0.292 e. The van der Waals surface area contributed by atoms with E-state index in [1.165, 1.54) is 12.0 Å². The molecule has 8 nitrogen and oxygen atoms in total. The second-order valence-electron chi connectivity index (χ2n) is 7.51. The molecule has 1 aliphatic rings. The summed E-state index contributed by atoms with van der Waals surface area (Å²) in [5, 5.41) is 3.61. The first-order chi connectivity index (χ1) is 15.7. The normalized spacial score (nSPS) is 13.9. The summed E-state index contributed by atoms with van der Waals surface area (Å²) in [6.07, 6.45) is 1.47. The molecule has 2 aromatic heterocycles. The Morgan fingerprint density at radius 3 is 2.53 bits per heavy atom. The van der Waals surface area contributed by atoms with Crippen LogP contribution in [0, 0.1) is 0 Å². The lowest BCUT2D eigenvalue weighted by Crippen LogP contribution is -2.46. The van der Waals surface area contributed by atoms with Crippen molar-refractivity contribution in [3.05, 3.63) is 72.8 Å². The Kier molecular flexibility index (Phi) is 5.33. The number of nitrogens with one attached hydrogen (secondary N) is 1. The molecular formula is C24H23N5O3. The zero-order valence-corrected chi connectivity index (χ0v) is 17.7. The lowest BCUT2D eigenvalue weighted by molar-refractivity contribution is 0.0998. The summed E-state index contributed by atoms with van der Waals surface area (Å²) < 4.78 is 11.0. The van der Waals surface area contributed by atoms with E-state index in [4.69, 9.17) is 9.15 Å². The average molecular weight is 429 g/mol. The number of hydrogen-bond acceptors (Lipinski definition) is 7. The molecule has 0 spiro atoms. The van der Waals surface area contributed by atoms with Crippen LogP contribution in [0.1, 0.15) is 10.6 Å². The predicted molar refractivity (Wildman–Crippen MR) is 124 cm³/mol. The Morgan fingerprint density at radius 2 is 1.75 bits per heavy atom. The SMILES string of the molecule is COc1cccc2cc(C(=O)Nc3cc(N4CCN(c5ccccc5)CC4)ncn3)oc12. The van der Waals surface area contributed by atoms with Crippen molar-refractivity contribution in [3.63, 3.8) is 0 Å². The fourth-order valence-electron chi connectivity index (χ4n) is 3.91. The quantitative estimate of drug-likeness (QED) is 0.516. The van der Waals surface area contributed by atoms with Crippen LogP contribution in [-0.4, -0.2) is 49.2 Å². The number of anilines is 3. The molecule has 0 aliphatic carbocycles. The van der Waals surface area contributed by atoms with E-state index in [1.54, 1.807) is 25.3 Å². The molecule has 4 aromatic rings. The van der Waals surface area contributed by atoms with Crippen LogP contribution in [0.3, 0.4) is 0 Å². The van der Waals surface area contributed by atoms with Gasteiger partial charge in [-0.05, 0) is 24.3 Å².